The van der Waals surface area contributed by atoms with E-state index in [-0.39, 0.29) is 17.2 Å². The van der Waals surface area contributed by atoms with Gasteiger partial charge < -0.3 is 4.90 Å². The summed E-state index contributed by atoms with van der Waals surface area (Å²) < 4.78 is 3.41. The Hall–Kier alpha value is -4.03. The van der Waals surface area contributed by atoms with Gasteiger partial charge in [-0.05, 0) is 44.1 Å². The van der Waals surface area contributed by atoms with E-state index in [1.165, 1.54) is 17.4 Å². The SMILES string of the molecule is O=c1c2ccccc2ncn1CCN1CCC(c2nnc3sc(-c4ccccc4[N+](=O)[O-])nn23)CC1. The molecule has 0 radical (unpaired) electrons. The largest absolute Gasteiger partial charge is 0.302 e. The highest BCUT2D eigenvalue weighted by Crippen LogP contribution is 2.34. The molecule has 1 aliphatic rings. The third-order valence-electron chi connectivity index (χ3n) is 6.69. The Bertz CT molecular complexity index is 1630. The van der Waals surface area contributed by atoms with Gasteiger partial charge in [0.2, 0.25) is 4.96 Å². The number of fused-ring (bicyclic) bond motifs is 2. The molecule has 1 saturated heterocycles. The van der Waals surface area contributed by atoms with Gasteiger partial charge in [0.1, 0.15) is 0 Å². The Morgan fingerprint density at radius 1 is 1.03 bits per heavy atom. The van der Waals surface area contributed by atoms with Crippen molar-refractivity contribution in [2.75, 3.05) is 19.6 Å². The van der Waals surface area contributed by atoms with Gasteiger partial charge in [0.25, 0.3) is 11.2 Å². The van der Waals surface area contributed by atoms with Crippen LogP contribution in [0.15, 0.2) is 59.7 Å². The number of hydrogen-bond acceptors (Lipinski definition) is 9. The lowest BCUT2D eigenvalue weighted by molar-refractivity contribution is -0.384. The fourth-order valence-corrected chi connectivity index (χ4v) is 5.62. The van der Waals surface area contributed by atoms with Crippen LogP contribution in [0.3, 0.4) is 0 Å². The molecule has 6 rings (SSSR count). The quantitative estimate of drug-likeness (QED) is 0.256. The number of nitrogens with zero attached hydrogens (tertiary/aromatic N) is 8. The molecule has 11 nitrogen and oxygen atoms in total. The lowest BCUT2D eigenvalue weighted by Crippen LogP contribution is -2.37. The van der Waals surface area contributed by atoms with E-state index in [4.69, 9.17) is 0 Å². The number of likely N-dealkylation sites (tertiary alicyclic amines) is 1. The molecule has 0 saturated carbocycles. The monoisotopic (exact) mass is 502 g/mol. The van der Waals surface area contributed by atoms with Gasteiger partial charge >= 0.3 is 0 Å². The molecule has 0 N–H and O–H groups in total. The van der Waals surface area contributed by atoms with Gasteiger partial charge in [-0.25, -0.2) is 4.98 Å². The van der Waals surface area contributed by atoms with Gasteiger partial charge in [-0.3, -0.25) is 19.5 Å². The summed E-state index contributed by atoms with van der Waals surface area (Å²) in [5.74, 6) is 0.989. The molecule has 36 heavy (non-hydrogen) atoms. The summed E-state index contributed by atoms with van der Waals surface area (Å²) in [5.41, 5.74) is 1.21. The highest BCUT2D eigenvalue weighted by atomic mass is 32.1. The van der Waals surface area contributed by atoms with Crippen molar-refractivity contribution in [1.82, 2.24) is 34.3 Å². The zero-order valence-electron chi connectivity index (χ0n) is 19.2. The second kappa shape index (κ2) is 9.21. The van der Waals surface area contributed by atoms with Crippen molar-refractivity contribution in [3.05, 3.63) is 81.2 Å². The molecule has 0 atom stereocenters. The minimum absolute atomic E-state index is 0.0145. The molecule has 1 aliphatic heterocycles. The minimum atomic E-state index is -0.392. The van der Waals surface area contributed by atoms with E-state index in [1.54, 1.807) is 33.6 Å². The third-order valence-corrected chi connectivity index (χ3v) is 7.62. The predicted molar refractivity (Wildman–Crippen MR) is 135 cm³/mol. The highest BCUT2D eigenvalue weighted by molar-refractivity contribution is 7.19. The Kier molecular flexibility index (Phi) is 5.74. The molecule has 0 amide bonds. The van der Waals surface area contributed by atoms with Crippen LogP contribution in [0, 0.1) is 10.1 Å². The second-order valence-corrected chi connectivity index (χ2v) is 9.77. The Morgan fingerprint density at radius 2 is 1.81 bits per heavy atom. The number of piperidine rings is 1. The second-order valence-electron chi connectivity index (χ2n) is 8.81. The number of benzene rings is 2. The zero-order valence-corrected chi connectivity index (χ0v) is 20.0. The topological polar surface area (TPSA) is 124 Å². The minimum Gasteiger partial charge on any atom is -0.302 e. The van der Waals surface area contributed by atoms with Gasteiger partial charge in [0.15, 0.2) is 10.8 Å². The van der Waals surface area contributed by atoms with E-state index in [0.29, 0.717) is 33.0 Å². The van der Waals surface area contributed by atoms with E-state index in [9.17, 15) is 14.9 Å². The number of aromatic nitrogens is 6. The van der Waals surface area contributed by atoms with Gasteiger partial charge in [-0.15, -0.1) is 10.2 Å². The highest BCUT2D eigenvalue weighted by Gasteiger charge is 2.27. The molecule has 2 aromatic carbocycles. The molecule has 0 unspecified atom stereocenters. The molecule has 12 heteroatoms. The molecular formula is C24H22N8O3S. The van der Waals surface area contributed by atoms with Crippen molar-refractivity contribution in [2.45, 2.75) is 25.3 Å². The Labute approximate surface area is 208 Å². The van der Waals surface area contributed by atoms with E-state index >= 15 is 0 Å². The Morgan fingerprint density at radius 3 is 2.64 bits per heavy atom. The fourth-order valence-electron chi connectivity index (χ4n) is 4.74. The third kappa shape index (κ3) is 4.03. The van der Waals surface area contributed by atoms with Crippen LogP contribution in [0.5, 0.6) is 0 Å². The molecule has 0 bridgehead atoms. The van der Waals surface area contributed by atoms with Crippen LogP contribution in [-0.4, -0.2) is 58.8 Å². The van der Waals surface area contributed by atoms with Crippen molar-refractivity contribution in [3.8, 4) is 10.6 Å². The number of nitro benzene ring substituents is 1. The lowest BCUT2D eigenvalue weighted by Gasteiger charge is -2.30. The van der Waals surface area contributed by atoms with Crippen LogP contribution in [0.25, 0.3) is 26.4 Å². The first kappa shape index (κ1) is 22.4. The molecular weight excluding hydrogens is 480 g/mol. The van der Waals surface area contributed by atoms with Crippen LogP contribution in [0.4, 0.5) is 5.69 Å². The summed E-state index contributed by atoms with van der Waals surface area (Å²) in [7, 11) is 0. The van der Waals surface area contributed by atoms with E-state index < -0.39 is 4.92 Å². The summed E-state index contributed by atoms with van der Waals surface area (Å²) in [5, 5.41) is 25.9. The average Bonchev–Trinajstić information content (AvgIpc) is 3.50. The van der Waals surface area contributed by atoms with Crippen LogP contribution in [0.1, 0.15) is 24.6 Å². The maximum Gasteiger partial charge on any atom is 0.279 e. The normalized spacial score (nSPS) is 15.1. The predicted octanol–water partition coefficient (Wildman–Crippen LogP) is 3.35. The van der Waals surface area contributed by atoms with Crippen LogP contribution >= 0.6 is 11.3 Å². The lowest BCUT2D eigenvalue weighted by atomic mass is 9.96. The average molecular weight is 503 g/mol. The number of nitro groups is 1. The van der Waals surface area contributed by atoms with Crippen molar-refractivity contribution >= 4 is 32.9 Å². The van der Waals surface area contributed by atoms with Crippen molar-refractivity contribution in [2.24, 2.45) is 0 Å². The first-order valence-corrected chi connectivity index (χ1v) is 12.5. The summed E-state index contributed by atoms with van der Waals surface area (Å²) in [6.07, 6.45) is 3.41. The first-order valence-electron chi connectivity index (χ1n) is 11.7. The maximum absolute atomic E-state index is 12.7. The molecule has 182 valence electrons. The number of rotatable bonds is 6. The number of hydrogen-bond donors (Lipinski definition) is 0. The van der Waals surface area contributed by atoms with Crippen LogP contribution in [-0.2, 0) is 6.54 Å². The molecule has 0 aliphatic carbocycles. The molecule has 3 aromatic heterocycles. The zero-order chi connectivity index (χ0) is 24.6. The summed E-state index contributed by atoms with van der Waals surface area (Å²) >= 11 is 1.30. The van der Waals surface area contributed by atoms with Crippen molar-refractivity contribution in [1.29, 1.82) is 0 Å². The van der Waals surface area contributed by atoms with Crippen LogP contribution in [0.2, 0.25) is 0 Å². The van der Waals surface area contributed by atoms with Gasteiger partial charge in [-0.2, -0.15) is 9.61 Å². The smallest absolute Gasteiger partial charge is 0.279 e. The molecule has 5 aromatic rings. The van der Waals surface area contributed by atoms with Crippen LogP contribution < -0.4 is 5.56 Å². The number of para-hydroxylation sites is 2. The molecule has 1 fully saturated rings. The van der Waals surface area contributed by atoms with E-state index in [0.717, 1.165) is 38.3 Å². The Balaban J connectivity index is 1.14. The molecule has 0 spiro atoms. The van der Waals surface area contributed by atoms with Crippen molar-refractivity contribution < 1.29 is 4.92 Å². The standard InChI is InChI=1S/C24H22N8O3S/c33-23-17-5-1-3-7-19(17)25-15-30(23)14-13-29-11-9-16(10-12-29)21-26-27-24-31(21)28-22(36-24)18-6-2-4-8-20(18)32(34)35/h1-8,15-16H,9-14H2. The van der Waals surface area contributed by atoms with Gasteiger partial charge in [0, 0.05) is 25.1 Å². The van der Waals surface area contributed by atoms with Gasteiger partial charge in [-0.1, -0.05) is 35.6 Å². The fraction of sp³-hybridized carbons (Fsp3) is 0.292. The maximum atomic E-state index is 12.7. The first-order chi connectivity index (χ1) is 17.6. The van der Waals surface area contributed by atoms with Gasteiger partial charge in [0.05, 0.1) is 27.7 Å². The summed E-state index contributed by atoms with van der Waals surface area (Å²) in [6, 6.07) is 14.0. The van der Waals surface area contributed by atoms with E-state index in [1.807, 2.05) is 24.3 Å². The molecule has 4 heterocycles. The summed E-state index contributed by atoms with van der Waals surface area (Å²) in [6.45, 7) is 3.09. The van der Waals surface area contributed by atoms with Crippen molar-refractivity contribution in [3.63, 3.8) is 0 Å². The summed E-state index contributed by atoms with van der Waals surface area (Å²) in [4.78, 5) is 31.2. The van der Waals surface area contributed by atoms with E-state index in [2.05, 4.69) is 25.2 Å².